The molecule has 0 radical (unpaired) electrons. The summed E-state index contributed by atoms with van der Waals surface area (Å²) >= 11 is 6.01. The summed E-state index contributed by atoms with van der Waals surface area (Å²) in [5, 5.41) is 0.636. The van der Waals surface area contributed by atoms with Crippen LogP contribution in [0.3, 0.4) is 0 Å². The van der Waals surface area contributed by atoms with E-state index in [1.54, 1.807) is 36.7 Å². The van der Waals surface area contributed by atoms with E-state index in [0.29, 0.717) is 41.8 Å². The summed E-state index contributed by atoms with van der Waals surface area (Å²) in [5.41, 5.74) is 2.13. The Balaban J connectivity index is 1.49. The standard InChI is InChI=1S/C18H17ClN4O2/c19-14-2-3-16-15(12-14)21-18(25-16)23-9-1-8-22(10-11-23)17(24)13-4-6-20-7-5-13/h2-7,12H,1,8-11H2. The van der Waals surface area contributed by atoms with E-state index in [4.69, 9.17) is 16.0 Å². The highest BCUT2D eigenvalue weighted by Gasteiger charge is 2.22. The van der Waals surface area contributed by atoms with E-state index in [1.165, 1.54) is 0 Å². The number of anilines is 1. The van der Waals surface area contributed by atoms with Gasteiger partial charge in [0.2, 0.25) is 0 Å². The first-order valence-electron chi connectivity index (χ1n) is 8.21. The van der Waals surface area contributed by atoms with Crippen molar-refractivity contribution in [3.8, 4) is 0 Å². The first-order chi connectivity index (χ1) is 12.2. The molecule has 0 N–H and O–H groups in total. The molecule has 3 aromatic rings. The molecule has 4 rings (SSSR count). The maximum atomic E-state index is 12.6. The second-order valence-electron chi connectivity index (χ2n) is 5.98. The van der Waals surface area contributed by atoms with Gasteiger partial charge in [0.1, 0.15) is 5.52 Å². The molecule has 0 saturated carbocycles. The van der Waals surface area contributed by atoms with E-state index >= 15 is 0 Å². The van der Waals surface area contributed by atoms with Crippen molar-refractivity contribution in [3.05, 3.63) is 53.3 Å². The van der Waals surface area contributed by atoms with Crippen LogP contribution in [-0.4, -0.2) is 47.0 Å². The molecule has 1 saturated heterocycles. The lowest BCUT2D eigenvalue weighted by atomic mass is 10.2. The number of oxazole rings is 1. The van der Waals surface area contributed by atoms with Gasteiger partial charge in [-0.3, -0.25) is 9.78 Å². The summed E-state index contributed by atoms with van der Waals surface area (Å²) in [4.78, 5) is 25.0. The molecule has 1 amide bonds. The zero-order valence-corrected chi connectivity index (χ0v) is 14.3. The van der Waals surface area contributed by atoms with Crippen LogP contribution in [0.15, 0.2) is 47.1 Å². The average Bonchev–Trinajstić information content (AvgIpc) is 2.89. The van der Waals surface area contributed by atoms with Crippen LogP contribution in [0.5, 0.6) is 0 Å². The SMILES string of the molecule is O=C(c1ccncc1)N1CCCN(c2nc3cc(Cl)ccc3o2)CC1. The third-order valence-corrected chi connectivity index (χ3v) is 4.55. The number of nitrogens with zero attached hydrogens (tertiary/aromatic N) is 4. The lowest BCUT2D eigenvalue weighted by Gasteiger charge is -2.21. The van der Waals surface area contributed by atoms with E-state index in [-0.39, 0.29) is 5.91 Å². The normalized spacial score (nSPS) is 15.4. The number of benzene rings is 1. The lowest BCUT2D eigenvalue weighted by Crippen LogP contribution is -2.35. The third kappa shape index (κ3) is 3.30. The molecule has 0 bridgehead atoms. The fourth-order valence-electron chi connectivity index (χ4n) is 3.01. The fraction of sp³-hybridized carbons (Fsp3) is 0.278. The van der Waals surface area contributed by atoms with Gasteiger partial charge in [-0.05, 0) is 36.8 Å². The largest absolute Gasteiger partial charge is 0.423 e. The molecule has 1 aromatic carbocycles. The van der Waals surface area contributed by atoms with Crippen molar-refractivity contribution >= 4 is 34.6 Å². The minimum Gasteiger partial charge on any atom is -0.423 e. The van der Waals surface area contributed by atoms with Crippen molar-refractivity contribution in [2.45, 2.75) is 6.42 Å². The molecule has 7 heteroatoms. The van der Waals surface area contributed by atoms with Gasteiger partial charge in [0.15, 0.2) is 5.58 Å². The number of hydrogen-bond donors (Lipinski definition) is 0. The molecule has 128 valence electrons. The fourth-order valence-corrected chi connectivity index (χ4v) is 3.18. The molecule has 3 heterocycles. The monoisotopic (exact) mass is 356 g/mol. The van der Waals surface area contributed by atoms with E-state index in [1.807, 2.05) is 11.0 Å². The molecule has 2 aromatic heterocycles. The Hall–Kier alpha value is -2.60. The van der Waals surface area contributed by atoms with Crippen LogP contribution in [0.1, 0.15) is 16.8 Å². The van der Waals surface area contributed by atoms with Gasteiger partial charge in [-0.1, -0.05) is 11.6 Å². The van der Waals surface area contributed by atoms with Gasteiger partial charge in [0, 0.05) is 49.2 Å². The summed E-state index contributed by atoms with van der Waals surface area (Å²) in [5.74, 6) is 0.0357. The van der Waals surface area contributed by atoms with Crippen LogP contribution in [0, 0.1) is 0 Å². The second kappa shape index (κ2) is 6.72. The first kappa shape index (κ1) is 15.9. The molecule has 0 atom stereocenters. The summed E-state index contributed by atoms with van der Waals surface area (Å²) < 4.78 is 5.84. The summed E-state index contributed by atoms with van der Waals surface area (Å²) in [6.45, 7) is 2.81. The van der Waals surface area contributed by atoms with Crippen molar-refractivity contribution in [2.24, 2.45) is 0 Å². The summed E-state index contributed by atoms with van der Waals surface area (Å²) in [6.07, 6.45) is 4.14. The number of fused-ring (bicyclic) bond motifs is 1. The molecular weight excluding hydrogens is 340 g/mol. The van der Waals surface area contributed by atoms with Crippen LogP contribution in [0.4, 0.5) is 6.01 Å². The molecule has 0 aliphatic carbocycles. The predicted octanol–water partition coefficient (Wildman–Crippen LogP) is 3.23. The number of halogens is 1. The summed E-state index contributed by atoms with van der Waals surface area (Å²) in [7, 11) is 0. The van der Waals surface area contributed by atoms with Crippen molar-refractivity contribution in [2.75, 3.05) is 31.1 Å². The number of carbonyl (C=O) groups is 1. The number of pyridine rings is 1. The number of hydrogen-bond acceptors (Lipinski definition) is 5. The predicted molar refractivity (Wildman–Crippen MR) is 96.0 cm³/mol. The van der Waals surface area contributed by atoms with Crippen LogP contribution >= 0.6 is 11.6 Å². The Morgan fingerprint density at radius 3 is 2.76 bits per heavy atom. The van der Waals surface area contributed by atoms with Crippen LogP contribution in [0.25, 0.3) is 11.1 Å². The van der Waals surface area contributed by atoms with Crippen molar-refractivity contribution < 1.29 is 9.21 Å². The Morgan fingerprint density at radius 2 is 1.92 bits per heavy atom. The zero-order chi connectivity index (χ0) is 17.2. The van der Waals surface area contributed by atoms with Gasteiger partial charge >= 0.3 is 0 Å². The molecule has 0 spiro atoms. The maximum absolute atomic E-state index is 12.6. The van der Waals surface area contributed by atoms with E-state index in [2.05, 4.69) is 14.9 Å². The second-order valence-corrected chi connectivity index (χ2v) is 6.41. The number of carbonyl (C=O) groups excluding carboxylic acids is 1. The quantitative estimate of drug-likeness (QED) is 0.705. The van der Waals surface area contributed by atoms with Crippen molar-refractivity contribution in [1.29, 1.82) is 0 Å². The lowest BCUT2D eigenvalue weighted by molar-refractivity contribution is 0.0767. The number of aromatic nitrogens is 2. The minimum absolute atomic E-state index is 0.0357. The van der Waals surface area contributed by atoms with E-state index in [0.717, 1.165) is 18.5 Å². The van der Waals surface area contributed by atoms with Crippen molar-refractivity contribution in [1.82, 2.24) is 14.9 Å². The highest BCUT2D eigenvalue weighted by atomic mass is 35.5. The Morgan fingerprint density at radius 1 is 1.08 bits per heavy atom. The van der Waals surface area contributed by atoms with Gasteiger partial charge < -0.3 is 14.2 Å². The molecule has 1 fully saturated rings. The van der Waals surface area contributed by atoms with Gasteiger partial charge in [0.25, 0.3) is 11.9 Å². The molecule has 1 aliphatic rings. The Kier molecular flexibility index (Phi) is 4.28. The Bertz CT molecular complexity index is 896. The highest BCUT2D eigenvalue weighted by Crippen LogP contribution is 2.25. The Labute approximate surface area is 150 Å². The highest BCUT2D eigenvalue weighted by molar-refractivity contribution is 6.31. The molecule has 6 nitrogen and oxygen atoms in total. The number of rotatable bonds is 2. The third-order valence-electron chi connectivity index (χ3n) is 4.32. The van der Waals surface area contributed by atoms with E-state index < -0.39 is 0 Å². The van der Waals surface area contributed by atoms with Crippen LogP contribution in [-0.2, 0) is 0 Å². The summed E-state index contributed by atoms with van der Waals surface area (Å²) in [6, 6.07) is 9.48. The van der Waals surface area contributed by atoms with Crippen LogP contribution in [0.2, 0.25) is 5.02 Å². The smallest absolute Gasteiger partial charge is 0.298 e. The minimum atomic E-state index is 0.0357. The molecule has 25 heavy (non-hydrogen) atoms. The maximum Gasteiger partial charge on any atom is 0.298 e. The number of amides is 1. The topological polar surface area (TPSA) is 62.5 Å². The first-order valence-corrected chi connectivity index (χ1v) is 8.59. The van der Waals surface area contributed by atoms with E-state index in [9.17, 15) is 4.79 Å². The van der Waals surface area contributed by atoms with Crippen LogP contribution < -0.4 is 4.90 Å². The van der Waals surface area contributed by atoms with Crippen molar-refractivity contribution in [3.63, 3.8) is 0 Å². The van der Waals surface area contributed by atoms with Gasteiger partial charge in [0.05, 0.1) is 0 Å². The van der Waals surface area contributed by atoms with Gasteiger partial charge in [-0.2, -0.15) is 4.98 Å². The molecule has 0 unspecified atom stereocenters. The zero-order valence-electron chi connectivity index (χ0n) is 13.6. The molecular formula is C18H17ClN4O2. The average molecular weight is 357 g/mol. The molecule has 1 aliphatic heterocycles. The van der Waals surface area contributed by atoms with Gasteiger partial charge in [-0.15, -0.1) is 0 Å². The van der Waals surface area contributed by atoms with Gasteiger partial charge in [-0.25, -0.2) is 0 Å².